The number of nitrogen functional groups attached to an aromatic ring is 1. The molecule has 0 saturated heterocycles. The molecule has 0 aliphatic rings. The monoisotopic (exact) mass is 251 g/mol. The van der Waals surface area contributed by atoms with Crippen LogP contribution in [0.5, 0.6) is 0 Å². The minimum atomic E-state index is -0.235. The van der Waals surface area contributed by atoms with Crippen molar-refractivity contribution < 1.29 is 9.53 Å². The number of aromatic nitrogens is 1. The SMILES string of the molecule is CCCCOCCCNC(=O)c1ncccc1N. The lowest BCUT2D eigenvalue weighted by atomic mass is 10.3. The van der Waals surface area contributed by atoms with E-state index >= 15 is 0 Å². The van der Waals surface area contributed by atoms with Crippen LogP contribution in [0.2, 0.25) is 0 Å². The van der Waals surface area contributed by atoms with Gasteiger partial charge in [-0.2, -0.15) is 0 Å². The first kappa shape index (κ1) is 14.4. The summed E-state index contributed by atoms with van der Waals surface area (Å²) in [6, 6.07) is 3.36. The quantitative estimate of drug-likeness (QED) is 0.688. The third kappa shape index (κ3) is 5.14. The fourth-order valence-corrected chi connectivity index (χ4v) is 1.42. The number of carbonyl (C=O) groups excluding carboxylic acids is 1. The van der Waals surface area contributed by atoms with E-state index in [9.17, 15) is 4.79 Å². The van der Waals surface area contributed by atoms with E-state index in [1.807, 2.05) is 0 Å². The number of nitrogens with zero attached hydrogens (tertiary/aromatic N) is 1. The summed E-state index contributed by atoms with van der Waals surface area (Å²) in [7, 11) is 0. The van der Waals surface area contributed by atoms with Gasteiger partial charge in [-0.25, -0.2) is 4.98 Å². The van der Waals surface area contributed by atoms with Gasteiger partial charge >= 0.3 is 0 Å². The second kappa shape index (κ2) is 8.47. The lowest BCUT2D eigenvalue weighted by Crippen LogP contribution is -2.27. The lowest BCUT2D eigenvalue weighted by molar-refractivity contribution is 0.0936. The van der Waals surface area contributed by atoms with Gasteiger partial charge in [-0.15, -0.1) is 0 Å². The predicted molar refractivity (Wildman–Crippen MR) is 71.3 cm³/mol. The number of hydrogen-bond acceptors (Lipinski definition) is 4. The van der Waals surface area contributed by atoms with Crippen LogP contribution in [-0.4, -0.2) is 30.6 Å². The average Bonchev–Trinajstić information content (AvgIpc) is 2.38. The molecular formula is C13H21N3O2. The van der Waals surface area contributed by atoms with Crippen LogP contribution in [0.1, 0.15) is 36.7 Å². The van der Waals surface area contributed by atoms with Crippen molar-refractivity contribution in [2.75, 3.05) is 25.5 Å². The molecule has 18 heavy (non-hydrogen) atoms. The summed E-state index contributed by atoms with van der Waals surface area (Å²) in [6.07, 6.45) is 4.56. The minimum Gasteiger partial charge on any atom is -0.397 e. The van der Waals surface area contributed by atoms with E-state index in [1.54, 1.807) is 18.3 Å². The topological polar surface area (TPSA) is 77.2 Å². The molecule has 0 saturated carbocycles. The molecule has 0 aliphatic heterocycles. The Morgan fingerprint density at radius 3 is 2.94 bits per heavy atom. The van der Waals surface area contributed by atoms with E-state index in [4.69, 9.17) is 10.5 Å². The average molecular weight is 251 g/mol. The molecule has 1 rings (SSSR count). The van der Waals surface area contributed by atoms with Gasteiger partial charge in [0, 0.05) is 26.0 Å². The highest BCUT2D eigenvalue weighted by Crippen LogP contribution is 2.05. The van der Waals surface area contributed by atoms with Crippen LogP contribution < -0.4 is 11.1 Å². The Bertz CT molecular complexity index is 369. The van der Waals surface area contributed by atoms with E-state index in [1.165, 1.54) is 0 Å². The fourth-order valence-electron chi connectivity index (χ4n) is 1.42. The summed E-state index contributed by atoms with van der Waals surface area (Å²) in [5, 5.41) is 2.77. The van der Waals surface area contributed by atoms with E-state index in [2.05, 4.69) is 17.2 Å². The number of anilines is 1. The molecule has 5 nitrogen and oxygen atoms in total. The molecular weight excluding hydrogens is 230 g/mol. The fraction of sp³-hybridized carbons (Fsp3) is 0.538. The van der Waals surface area contributed by atoms with Crippen molar-refractivity contribution in [3.8, 4) is 0 Å². The molecule has 1 heterocycles. The molecule has 0 spiro atoms. The van der Waals surface area contributed by atoms with Crippen molar-refractivity contribution in [1.82, 2.24) is 10.3 Å². The van der Waals surface area contributed by atoms with Crippen molar-refractivity contribution in [2.45, 2.75) is 26.2 Å². The molecule has 0 radical (unpaired) electrons. The zero-order valence-corrected chi connectivity index (χ0v) is 10.8. The maximum absolute atomic E-state index is 11.7. The van der Waals surface area contributed by atoms with E-state index in [0.29, 0.717) is 18.8 Å². The van der Waals surface area contributed by atoms with Crippen LogP contribution >= 0.6 is 0 Å². The number of ether oxygens (including phenoxy) is 1. The standard InChI is InChI=1S/C13H21N3O2/c1-2-3-9-18-10-5-8-16-13(17)12-11(14)6-4-7-15-12/h4,6-7H,2-3,5,8-10,14H2,1H3,(H,16,17). The summed E-state index contributed by atoms with van der Waals surface area (Å²) in [4.78, 5) is 15.7. The first-order valence-corrected chi connectivity index (χ1v) is 6.32. The molecule has 0 aliphatic carbocycles. The van der Waals surface area contributed by atoms with Crippen LogP contribution in [0.3, 0.4) is 0 Å². The Morgan fingerprint density at radius 1 is 1.44 bits per heavy atom. The molecule has 5 heteroatoms. The molecule has 0 aromatic carbocycles. The first-order chi connectivity index (χ1) is 8.75. The van der Waals surface area contributed by atoms with Gasteiger partial charge in [0.25, 0.3) is 5.91 Å². The molecule has 1 aromatic heterocycles. The van der Waals surface area contributed by atoms with Crippen LogP contribution in [0.25, 0.3) is 0 Å². The second-order valence-corrected chi connectivity index (χ2v) is 4.02. The summed E-state index contributed by atoms with van der Waals surface area (Å²) < 4.78 is 5.39. The maximum atomic E-state index is 11.7. The molecule has 3 N–H and O–H groups in total. The number of amides is 1. The normalized spacial score (nSPS) is 10.3. The first-order valence-electron chi connectivity index (χ1n) is 6.32. The van der Waals surface area contributed by atoms with Crippen LogP contribution in [0.15, 0.2) is 18.3 Å². The van der Waals surface area contributed by atoms with Gasteiger partial charge < -0.3 is 15.8 Å². The third-order valence-corrected chi connectivity index (χ3v) is 2.45. The number of nitrogens with two attached hydrogens (primary N) is 1. The second-order valence-electron chi connectivity index (χ2n) is 4.02. The molecule has 0 atom stereocenters. The van der Waals surface area contributed by atoms with Gasteiger partial charge in [0.2, 0.25) is 0 Å². The van der Waals surface area contributed by atoms with Gasteiger partial charge in [0.15, 0.2) is 5.69 Å². The Morgan fingerprint density at radius 2 is 2.22 bits per heavy atom. The van der Waals surface area contributed by atoms with Crippen LogP contribution in [0, 0.1) is 0 Å². The van der Waals surface area contributed by atoms with Crippen molar-refractivity contribution in [1.29, 1.82) is 0 Å². The van der Waals surface area contributed by atoms with Crippen molar-refractivity contribution in [3.63, 3.8) is 0 Å². The number of rotatable bonds is 8. The van der Waals surface area contributed by atoms with E-state index in [0.717, 1.165) is 25.9 Å². The smallest absolute Gasteiger partial charge is 0.272 e. The summed E-state index contributed by atoms with van der Waals surface area (Å²) in [6.45, 7) is 4.15. The van der Waals surface area contributed by atoms with Gasteiger partial charge in [-0.05, 0) is 25.0 Å². The van der Waals surface area contributed by atoms with Gasteiger partial charge in [-0.1, -0.05) is 13.3 Å². The highest BCUT2D eigenvalue weighted by Gasteiger charge is 2.09. The van der Waals surface area contributed by atoms with E-state index in [-0.39, 0.29) is 11.6 Å². The van der Waals surface area contributed by atoms with Crippen LogP contribution in [-0.2, 0) is 4.74 Å². The molecule has 1 amide bonds. The van der Waals surface area contributed by atoms with Crippen molar-refractivity contribution in [3.05, 3.63) is 24.0 Å². The summed E-state index contributed by atoms with van der Waals surface area (Å²) in [5.41, 5.74) is 6.34. The molecule has 0 fully saturated rings. The highest BCUT2D eigenvalue weighted by molar-refractivity contribution is 5.96. The lowest BCUT2D eigenvalue weighted by Gasteiger charge is -2.06. The Hall–Kier alpha value is -1.62. The van der Waals surface area contributed by atoms with Gasteiger partial charge in [0.1, 0.15) is 0 Å². The summed E-state index contributed by atoms with van der Waals surface area (Å²) >= 11 is 0. The molecule has 0 unspecified atom stereocenters. The zero-order chi connectivity index (χ0) is 13.2. The third-order valence-electron chi connectivity index (χ3n) is 2.45. The zero-order valence-electron chi connectivity index (χ0n) is 10.8. The predicted octanol–water partition coefficient (Wildman–Crippen LogP) is 1.60. The molecule has 100 valence electrons. The largest absolute Gasteiger partial charge is 0.397 e. The minimum absolute atomic E-state index is 0.235. The summed E-state index contributed by atoms with van der Waals surface area (Å²) in [5.74, 6) is -0.235. The highest BCUT2D eigenvalue weighted by atomic mass is 16.5. The van der Waals surface area contributed by atoms with Crippen molar-refractivity contribution >= 4 is 11.6 Å². The molecule has 0 bridgehead atoms. The number of carbonyl (C=O) groups is 1. The Balaban J connectivity index is 2.16. The van der Waals surface area contributed by atoms with Crippen molar-refractivity contribution in [2.24, 2.45) is 0 Å². The number of hydrogen-bond donors (Lipinski definition) is 2. The Kier molecular flexibility index (Phi) is 6.79. The van der Waals surface area contributed by atoms with Gasteiger partial charge in [-0.3, -0.25) is 4.79 Å². The van der Waals surface area contributed by atoms with Crippen LogP contribution in [0.4, 0.5) is 5.69 Å². The maximum Gasteiger partial charge on any atom is 0.272 e. The number of pyridine rings is 1. The number of unbranched alkanes of at least 4 members (excludes halogenated alkanes) is 1. The van der Waals surface area contributed by atoms with E-state index < -0.39 is 0 Å². The molecule has 1 aromatic rings. The van der Waals surface area contributed by atoms with Gasteiger partial charge in [0.05, 0.1) is 5.69 Å². The Labute approximate surface area is 108 Å². The number of nitrogens with one attached hydrogen (secondary N) is 1.